The molecule has 3 heteroatoms. The summed E-state index contributed by atoms with van der Waals surface area (Å²) in [6.07, 6.45) is 0. The van der Waals surface area contributed by atoms with E-state index < -0.39 is 0 Å². The van der Waals surface area contributed by atoms with Gasteiger partial charge in [-0.1, -0.05) is 60.2 Å². The molecule has 0 fully saturated rings. The Morgan fingerprint density at radius 3 is 2.26 bits per heavy atom. The van der Waals surface area contributed by atoms with Crippen molar-refractivity contribution >= 4 is 5.82 Å². The molecule has 2 aromatic carbocycles. The Kier molecular flexibility index (Phi) is 2.80. The largest absolute Gasteiger partial charge is 0.382 e. The average molecular weight is 249 g/mol. The average Bonchev–Trinajstić information content (AvgIpc) is 2.82. The van der Waals surface area contributed by atoms with Gasteiger partial charge in [-0.3, -0.25) is 5.10 Å². The van der Waals surface area contributed by atoms with Gasteiger partial charge < -0.3 is 5.73 Å². The van der Waals surface area contributed by atoms with Gasteiger partial charge in [-0.15, -0.1) is 0 Å². The van der Waals surface area contributed by atoms with Crippen molar-refractivity contribution in [2.45, 2.75) is 6.92 Å². The number of H-pyrrole nitrogens is 1. The first-order valence-corrected chi connectivity index (χ1v) is 6.22. The van der Waals surface area contributed by atoms with Crippen LogP contribution in [0.5, 0.6) is 0 Å². The molecule has 0 aliphatic rings. The summed E-state index contributed by atoms with van der Waals surface area (Å²) in [6, 6.07) is 18.4. The molecule has 0 aliphatic carbocycles. The van der Waals surface area contributed by atoms with Gasteiger partial charge in [0.1, 0.15) is 0 Å². The number of aromatic nitrogens is 2. The molecule has 0 saturated heterocycles. The van der Waals surface area contributed by atoms with Gasteiger partial charge in [0.05, 0.1) is 11.3 Å². The molecule has 3 N–H and O–H groups in total. The van der Waals surface area contributed by atoms with Gasteiger partial charge in [0.25, 0.3) is 0 Å². The second-order valence-electron chi connectivity index (χ2n) is 4.59. The van der Waals surface area contributed by atoms with Gasteiger partial charge in [0, 0.05) is 5.56 Å². The molecule has 0 saturated carbocycles. The van der Waals surface area contributed by atoms with Crippen LogP contribution in [0.3, 0.4) is 0 Å². The van der Waals surface area contributed by atoms with E-state index in [0.29, 0.717) is 5.82 Å². The van der Waals surface area contributed by atoms with Gasteiger partial charge in [0.2, 0.25) is 0 Å². The van der Waals surface area contributed by atoms with Crippen LogP contribution in [0, 0.1) is 6.92 Å². The Bertz CT molecular complexity index is 682. The normalized spacial score (nSPS) is 10.6. The minimum Gasteiger partial charge on any atom is -0.382 e. The SMILES string of the molecule is Cc1ccc(-c2[nH]nc(N)c2-c2ccccc2)cc1. The zero-order chi connectivity index (χ0) is 13.2. The van der Waals surface area contributed by atoms with Crippen molar-refractivity contribution in [3.63, 3.8) is 0 Å². The summed E-state index contributed by atoms with van der Waals surface area (Å²) < 4.78 is 0. The van der Waals surface area contributed by atoms with Gasteiger partial charge >= 0.3 is 0 Å². The number of hydrogen-bond acceptors (Lipinski definition) is 2. The van der Waals surface area contributed by atoms with Crippen molar-refractivity contribution in [2.75, 3.05) is 5.73 Å². The van der Waals surface area contributed by atoms with E-state index in [4.69, 9.17) is 5.73 Å². The number of hydrogen-bond donors (Lipinski definition) is 2. The topological polar surface area (TPSA) is 54.7 Å². The highest BCUT2D eigenvalue weighted by Gasteiger charge is 2.14. The maximum atomic E-state index is 6.00. The van der Waals surface area contributed by atoms with Crippen LogP contribution in [0.25, 0.3) is 22.4 Å². The third kappa shape index (κ3) is 2.10. The van der Waals surface area contributed by atoms with Crippen LogP contribution < -0.4 is 5.73 Å². The van der Waals surface area contributed by atoms with Crippen molar-refractivity contribution in [1.29, 1.82) is 0 Å². The number of nitrogens with two attached hydrogens (primary N) is 1. The molecule has 19 heavy (non-hydrogen) atoms. The van der Waals surface area contributed by atoms with Crippen molar-refractivity contribution in [1.82, 2.24) is 10.2 Å². The Morgan fingerprint density at radius 2 is 1.58 bits per heavy atom. The Hall–Kier alpha value is -2.55. The lowest BCUT2D eigenvalue weighted by Crippen LogP contribution is -1.88. The van der Waals surface area contributed by atoms with Crippen molar-refractivity contribution < 1.29 is 0 Å². The van der Waals surface area contributed by atoms with Crippen molar-refractivity contribution in [3.8, 4) is 22.4 Å². The van der Waals surface area contributed by atoms with Crippen LogP contribution >= 0.6 is 0 Å². The van der Waals surface area contributed by atoms with Crippen LogP contribution in [0.1, 0.15) is 5.56 Å². The van der Waals surface area contributed by atoms with Crippen LogP contribution in [0.15, 0.2) is 54.6 Å². The number of rotatable bonds is 2. The van der Waals surface area contributed by atoms with Gasteiger partial charge in [0.15, 0.2) is 5.82 Å². The smallest absolute Gasteiger partial charge is 0.153 e. The molecular weight excluding hydrogens is 234 g/mol. The van der Waals surface area contributed by atoms with E-state index in [1.54, 1.807) is 0 Å². The Morgan fingerprint density at radius 1 is 0.895 bits per heavy atom. The predicted molar refractivity (Wildman–Crippen MR) is 78.6 cm³/mol. The molecule has 3 nitrogen and oxygen atoms in total. The van der Waals surface area contributed by atoms with Crippen LogP contribution in [0.4, 0.5) is 5.82 Å². The molecule has 1 heterocycles. The summed E-state index contributed by atoms with van der Waals surface area (Å²) in [5.74, 6) is 0.529. The van der Waals surface area contributed by atoms with Gasteiger partial charge in [-0.05, 0) is 12.5 Å². The number of aryl methyl sites for hydroxylation is 1. The molecule has 3 rings (SSSR count). The molecule has 0 spiro atoms. The monoisotopic (exact) mass is 249 g/mol. The molecule has 0 amide bonds. The molecule has 0 unspecified atom stereocenters. The molecule has 0 bridgehead atoms. The van der Waals surface area contributed by atoms with Gasteiger partial charge in [-0.2, -0.15) is 5.10 Å². The van der Waals surface area contributed by atoms with Crippen molar-refractivity contribution in [2.24, 2.45) is 0 Å². The van der Waals surface area contributed by atoms with Crippen LogP contribution in [0.2, 0.25) is 0 Å². The zero-order valence-electron chi connectivity index (χ0n) is 10.7. The maximum absolute atomic E-state index is 6.00. The lowest BCUT2D eigenvalue weighted by Gasteiger charge is -2.05. The first-order valence-electron chi connectivity index (χ1n) is 6.22. The lowest BCUT2D eigenvalue weighted by atomic mass is 10.0. The van der Waals surface area contributed by atoms with Crippen LogP contribution in [-0.4, -0.2) is 10.2 Å². The minimum atomic E-state index is 0.529. The Balaban J connectivity index is 2.16. The fourth-order valence-corrected chi connectivity index (χ4v) is 2.18. The second-order valence-corrected chi connectivity index (χ2v) is 4.59. The zero-order valence-corrected chi connectivity index (χ0v) is 10.7. The Labute approximate surface area is 112 Å². The van der Waals surface area contributed by atoms with E-state index in [1.807, 2.05) is 30.3 Å². The second kappa shape index (κ2) is 4.61. The maximum Gasteiger partial charge on any atom is 0.153 e. The summed E-state index contributed by atoms with van der Waals surface area (Å²) in [6.45, 7) is 2.07. The fourth-order valence-electron chi connectivity index (χ4n) is 2.18. The minimum absolute atomic E-state index is 0.529. The molecular formula is C16H15N3. The van der Waals surface area contributed by atoms with E-state index in [2.05, 4.69) is 41.4 Å². The van der Waals surface area contributed by atoms with E-state index >= 15 is 0 Å². The molecule has 0 radical (unpaired) electrons. The van der Waals surface area contributed by atoms with Crippen molar-refractivity contribution in [3.05, 3.63) is 60.2 Å². The van der Waals surface area contributed by atoms with E-state index in [-0.39, 0.29) is 0 Å². The molecule has 0 atom stereocenters. The highest BCUT2D eigenvalue weighted by atomic mass is 15.2. The molecule has 94 valence electrons. The number of nitrogen functional groups attached to an aromatic ring is 1. The van der Waals surface area contributed by atoms with Gasteiger partial charge in [-0.25, -0.2) is 0 Å². The highest BCUT2D eigenvalue weighted by Crippen LogP contribution is 2.34. The quantitative estimate of drug-likeness (QED) is 0.728. The third-order valence-electron chi connectivity index (χ3n) is 3.20. The highest BCUT2D eigenvalue weighted by molar-refractivity contribution is 5.87. The first-order chi connectivity index (χ1) is 9.25. The van der Waals surface area contributed by atoms with E-state index in [1.165, 1.54) is 5.56 Å². The number of nitrogens with zero attached hydrogens (tertiary/aromatic N) is 1. The lowest BCUT2D eigenvalue weighted by molar-refractivity contribution is 1.10. The summed E-state index contributed by atoms with van der Waals surface area (Å²) in [5, 5.41) is 7.18. The summed E-state index contributed by atoms with van der Waals surface area (Å²) in [7, 11) is 0. The molecule has 1 aromatic heterocycles. The first kappa shape index (κ1) is 11.5. The molecule has 3 aromatic rings. The number of aromatic amines is 1. The fraction of sp³-hybridized carbons (Fsp3) is 0.0625. The predicted octanol–water partition coefficient (Wildman–Crippen LogP) is 3.63. The third-order valence-corrected chi connectivity index (χ3v) is 3.20. The number of nitrogens with one attached hydrogen (secondary N) is 1. The summed E-state index contributed by atoms with van der Waals surface area (Å²) in [4.78, 5) is 0. The van der Waals surface area contributed by atoms with E-state index in [9.17, 15) is 0 Å². The summed E-state index contributed by atoms with van der Waals surface area (Å²) >= 11 is 0. The number of anilines is 1. The number of benzene rings is 2. The summed E-state index contributed by atoms with van der Waals surface area (Å²) in [5.41, 5.74) is 11.3. The standard InChI is InChI=1S/C16H15N3/c1-11-7-9-13(10-8-11)15-14(16(17)19-18-15)12-5-3-2-4-6-12/h2-10H,1H3,(H3,17,18,19). The van der Waals surface area contributed by atoms with E-state index in [0.717, 1.165) is 22.4 Å². The molecule has 0 aliphatic heterocycles. The van der Waals surface area contributed by atoms with Crippen LogP contribution in [-0.2, 0) is 0 Å².